The van der Waals surface area contributed by atoms with E-state index < -0.39 is 0 Å². The highest BCUT2D eigenvalue weighted by Gasteiger charge is 2.28. The number of anilines is 1. The molecule has 0 unspecified atom stereocenters. The monoisotopic (exact) mass is 299 g/mol. The van der Waals surface area contributed by atoms with Gasteiger partial charge in [0.1, 0.15) is 5.82 Å². The van der Waals surface area contributed by atoms with Crippen molar-refractivity contribution >= 4 is 29.2 Å². The molecular weight excluding hydrogens is 282 g/mol. The van der Waals surface area contributed by atoms with Gasteiger partial charge in [0.15, 0.2) is 0 Å². The third kappa shape index (κ3) is 2.69. The Balaban J connectivity index is 1.94. The molecule has 0 spiro atoms. The molecule has 19 heavy (non-hydrogen) atoms. The van der Waals surface area contributed by atoms with E-state index in [2.05, 4.69) is 21.8 Å². The van der Waals surface area contributed by atoms with Crippen LogP contribution in [0.5, 0.6) is 0 Å². The van der Waals surface area contributed by atoms with Gasteiger partial charge in [0.05, 0.1) is 10.6 Å². The van der Waals surface area contributed by atoms with Gasteiger partial charge in [0.2, 0.25) is 5.28 Å². The molecule has 0 aliphatic carbocycles. The van der Waals surface area contributed by atoms with Gasteiger partial charge in [-0.15, -0.1) is 11.8 Å². The van der Waals surface area contributed by atoms with Crippen LogP contribution in [0.25, 0.3) is 0 Å². The predicted molar refractivity (Wildman–Crippen MR) is 78.3 cm³/mol. The molecule has 104 valence electrons. The molecule has 1 saturated heterocycles. The summed E-state index contributed by atoms with van der Waals surface area (Å²) in [7, 11) is 0. The van der Waals surface area contributed by atoms with Crippen LogP contribution >= 0.6 is 23.4 Å². The van der Waals surface area contributed by atoms with Gasteiger partial charge >= 0.3 is 0 Å². The highest BCUT2D eigenvalue weighted by molar-refractivity contribution is 7.99. The molecular formula is C13H18ClN3OS. The summed E-state index contributed by atoms with van der Waals surface area (Å²) >= 11 is 7.94. The number of aromatic nitrogens is 2. The number of hydrogen-bond donors (Lipinski definition) is 0. The van der Waals surface area contributed by atoms with Crippen LogP contribution in [0, 0.1) is 0 Å². The zero-order valence-corrected chi connectivity index (χ0v) is 12.6. The Morgan fingerprint density at radius 1 is 1.37 bits per heavy atom. The molecule has 0 saturated carbocycles. The van der Waals surface area contributed by atoms with Crippen LogP contribution in [-0.4, -0.2) is 41.5 Å². The zero-order valence-electron chi connectivity index (χ0n) is 11.1. The van der Waals surface area contributed by atoms with Crippen LogP contribution in [-0.2, 0) is 11.2 Å². The highest BCUT2D eigenvalue weighted by Crippen LogP contribution is 2.39. The Morgan fingerprint density at radius 3 is 2.89 bits per heavy atom. The van der Waals surface area contributed by atoms with Crippen molar-refractivity contribution in [1.29, 1.82) is 0 Å². The molecule has 6 heteroatoms. The lowest BCUT2D eigenvalue weighted by molar-refractivity contribution is 0.0844. The molecule has 0 bridgehead atoms. The first-order chi connectivity index (χ1) is 9.29. The Kier molecular flexibility index (Phi) is 4.15. The zero-order chi connectivity index (χ0) is 13.2. The number of nitrogens with zero attached hydrogens (tertiary/aromatic N) is 3. The number of fused-ring (bicyclic) bond motifs is 1. The van der Waals surface area contributed by atoms with Gasteiger partial charge in [-0.05, 0) is 31.4 Å². The molecule has 0 amide bonds. The predicted octanol–water partition coefficient (Wildman–Crippen LogP) is 2.78. The van der Waals surface area contributed by atoms with E-state index in [-0.39, 0.29) is 0 Å². The van der Waals surface area contributed by atoms with Crippen molar-refractivity contribution in [3.05, 3.63) is 11.0 Å². The fraction of sp³-hybridized carbons (Fsp3) is 0.692. The molecule has 1 aromatic rings. The van der Waals surface area contributed by atoms with E-state index >= 15 is 0 Å². The Labute approximate surface area is 122 Å². The summed E-state index contributed by atoms with van der Waals surface area (Å²) < 4.78 is 5.46. The summed E-state index contributed by atoms with van der Waals surface area (Å²) in [6.45, 7) is 4.81. The lowest BCUT2D eigenvalue weighted by atomic mass is 10.1. The molecule has 0 aromatic carbocycles. The third-order valence-electron chi connectivity index (χ3n) is 3.72. The largest absolute Gasteiger partial charge is 0.381 e. The fourth-order valence-electron chi connectivity index (χ4n) is 2.79. The van der Waals surface area contributed by atoms with Gasteiger partial charge in [-0.3, -0.25) is 0 Å². The number of halogens is 1. The van der Waals surface area contributed by atoms with Gasteiger partial charge in [-0.2, -0.15) is 4.98 Å². The van der Waals surface area contributed by atoms with Crippen LogP contribution in [0.1, 0.15) is 25.5 Å². The van der Waals surface area contributed by atoms with E-state index in [1.807, 2.05) is 11.8 Å². The number of ether oxygens (including phenoxy) is 1. The topological polar surface area (TPSA) is 38.2 Å². The molecule has 4 nitrogen and oxygen atoms in total. The summed E-state index contributed by atoms with van der Waals surface area (Å²) in [5.41, 5.74) is 1.12. The summed E-state index contributed by atoms with van der Waals surface area (Å²) in [6.07, 6.45) is 3.13. The standard InChI is InChI=1S/C13H18ClN3OS/c1-2-17(9-3-6-18-7-4-9)12-11-10(5-8-19-11)15-13(14)16-12/h9H,2-8H2,1H3. The number of thioether (sulfide) groups is 1. The van der Waals surface area contributed by atoms with Crippen molar-refractivity contribution in [2.24, 2.45) is 0 Å². The quantitative estimate of drug-likeness (QED) is 0.803. The molecule has 2 aliphatic rings. The van der Waals surface area contributed by atoms with Gasteiger partial charge in [-0.1, -0.05) is 0 Å². The number of aryl methyl sites for hydroxylation is 1. The summed E-state index contributed by atoms with van der Waals surface area (Å²) in [5.74, 6) is 2.12. The van der Waals surface area contributed by atoms with Gasteiger partial charge in [-0.25, -0.2) is 4.98 Å². The van der Waals surface area contributed by atoms with Crippen LogP contribution in [0.2, 0.25) is 5.28 Å². The summed E-state index contributed by atoms with van der Waals surface area (Å²) in [5, 5.41) is 0.377. The van der Waals surface area contributed by atoms with Crippen LogP contribution in [0.4, 0.5) is 5.82 Å². The lowest BCUT2D eigenvalue weighted by Crippen LogP contribution is -2.40. The lowest BCUT2D eigenvalue weighted by Gasteiger charge is -2.35. The normalized spacial score (nSPS) is 19.5. The Morgan fingerprint density at radius 2 is 2.16 bits per heavy atom. The van der Waals surface area contributed by atoms with Crippen molar-refractivity contribution < 1.29 is 4.74 Å². The van der Waals surface area contributed by atoms with Crippen molar-refractivity contribution in [1.82, 2.24) is 9.97 Å². The molecule has 3 rings (SSSR count). The van der Waals surface area contributed by atoms with Crippen molar-refractivity contribution in [2.75, 3.05) is 30.4 Å². The second-order valence-electron chi connectivity index (χ2n) is 4.82. The van der Waals surface area contributed by atoms with Crippen LogP contribution in [0.15, 0.2) is 4.90 Å². The van der Waals surface area contributed by atoms with E-state index in [9.17, 15) is 0 Å². The van der Waals surface area contributed by atoms with Crippen LogP contribution in [0.3, 0.4) is 0 Å². The average molecular weight is 300 g/mol. The Bertz CT molecular complexity index is 465. The summed E-state index contributed by atoms with van der Waals surface area (Å²) in [6, 6.07) is 0.509. The molecule has 3 heterocycles. The maximum absolute atomic E-state index is 6.09. The summed E-state index contributed by atoms with van der Waals surface area (Å²) in [4.78, 5) is 12.5. The van der Waals surface area contributed by atoms with E-state index in [0.717, 1.165) is 56.3 Å². The smallest absolute Gasteiger partial charge is 0.224 e. The first-order valence-corrected chi connectivity index (χ1v) is 8.19. The number of hydrogen-bond acceptors (Lipinski definition) is 5. The molecule has 0 radical (unpaired) electrons. The van der Waals surface area contributed by atoms with Gasteiger partial charge in [0.25, 0.3) is 0 Å². The SMILES string of the molecule is CCN(c1nc(Cl)nc2c1SCC2)C1CCOCC1. The first kappa shape index (κ1) is 13.5. The molecule has 2 aliphatic heterocycles. The third-order valence-corrected chi connectivity index (χ3v) is 5.00. The van der Waals surface area contributed by atoms with E-state index in [0.29, 0.717) is 11.3 Å². The van der Waals surface area contributed by atoms with E-state index in [1.165, 1.54) is 4.90 Å². The van der Waals surface area contributed by atoms with Gasteiger partial charge < -0.3 is 9.64 Å². The van der Waals surface area contributed by atoms with Crippen LogP contribution < -0.4 is 4.90 Å². The van der Waals surface area contributed by atoms with E-state index in [1.54, 1.807) is 0 Å². The number of rotatable bonds is 3. The molecule has 0 N–H and O–H groups in total. The minimum Gasteiger partial charge on any atom is -0.381 e. The van der Waals surface area contributed by atoms with Gasteiger partial charge in [0, 0.05) is 38.0 Å². The van der Waals surface area contributed by atoms with Crippen molar-refractivity contribution in [2.45, 2.75) is 37.1 Å². The maximum atomic E-state index is 6.09. The second kappa shape index (κ2) is 5.85. The molecule has 0 atom stereocenters. The van der Waals surface area contributed by atoms with Crippen molar-refractivity contribution in [3.63, 3.8) is 0 Å². The fourth-order valence-corrected chi connectivity index (χ4v) is 4.08. The maximum Gasteiger partial charge on any atom is 0.224 e. The molecule has 1 aromatic heterocycles. The highest BCUT2D eigenvalue weighted by atomic mass is 35.5. The minimum absolute atomic E-state index is 0.377. The minimum atomic E-state index is 0.377. The van der Waals surface area contributed by atoms with E-state index in [4.69, 9.17) is 16.3 Å². The molecule has 1 fully saturated rings. The van der Waals surface area contributed by atoms with Crippen molar-refractivity contribution in [3.8, 4) is 0 Å². The second-order valence-corrected chi connectivity index (χ2v) is 6.26. The average Bonchev–Trinajstić information content (AvgIpc) is 2.89. The first-order valence-electron chi connectivity index (χ1n) is 6.83. The Hall–Kier alpha value is -0.520.